The van der Waals surface area contributed by atoms with Gasteiger partial charge in [-0.25, -0.2) is 4.79 Å². The zero-order valence-corrected chi connectivity index (χ0v) is 13.3. The van der Waals surface area contributed by atoms with Crippen LogP contribution in [0.25, 0.3) is 0 Å². The van der Waals surface area contributed by atoms with Gasteiger partial charge in [-0.3, -0.25) is 0 Å². The number of amides is 1. The number of hydrogen-bond acceptors (Lipinski definition) is 4. The standard InChI is InChI=1S/C15H30N2O3/c1-5-17-9-12(8-14(18)11(3)4)7-13(10-17)16-15(19)20-6-2/h11-14,18H,5-10H2,1-4H3,(H,16,19). The molecule has 0 aromatic rings. The van der Waals surface area contributed by atoms with Gasteiger partial charge in [-0.1, -0.05) is 20.8 Å². The molecule has 1 heterocycles. The van der Waals surface area contributed by atoms with Crippen molar-refractivity contribution < 1.29 is 14.6 Å². The summed E-state index contributed by atoms with van der Waals surface area (Å²) in [5.74, 6) is 0.705. The number of carbonyl (C=O) groups is 1. The Morgan fingerprint density at radius 2 is 2.10 bits per heavy atom. The molecule has 5 nitrogen and oxygen atoms in total. The van der Waals surface area contributed by atoms with Gasteiger partial charge < -0.3 is 20.1 Å². The Balaban J connectivity index is 2.53. The highest BCUT2D eigenvalue weighted by atomic mass is 16.5. The molecule has 1 aliphatic rings. The van der Waals surface area contributed by atoms with Crippen molar-refractivity contribution in [1.29, 1.82) is 0 Å². The summed E-state index contributed by atoms with van der Waals surface area (Å²) in [5.41, 5.74) is 0. The van der Waals surface area contributed by atoms with Gasteiger partial charge in [0.1, 0.15) is 0 Å². The zero-order chi connectivity index (χ0) is 15.1. The quantitative estimate of drug-likeness (QED) is 0.782. The summed E-state index contributed by atoms with van der Waals surface area (Å²) in [6.45, 7) is 11.2. The Bertz CT molecular complexity index is 297. The first kappa shape index (κ1) is 17.2. The molecule has 1 fully saturated rings. The lowest BCUT2D eigenvalue weighted by Crippen LogP contribution is -2.51. The largest absolute Gasteiger partial charge is 0.450 e. The summed E-state index contributed by atoms with van der Waals surface area (Å²) in [6.07, 6.45) is 1.12. The fraction of sp³-hybridized carbons (Fsp3) is 0.933. The van der Waals surface area contributed by atoms with E-state index in [2.05, 4.69) is 17.1 Å². The van der Waals surface area contributed by atoms with Crippen LogP contribution in [0.3, 0.4) is 0 Å². The third-order valence-electron chi connectivity index (χ3n) is 4.00. The predicted octanol–water partition coefficient (Wildman–Crippen LogP) is 1.85. The number of nitrogens with zero attached hydrogens (tertiary/aromatic N) is 1. The van der Waals surface area contributed by atoms with Gasteiger partial charge in [0.05, 0.1) is 12.7 Å². The van der Waals surface area contributed by atoms with E-state index < -0.39 is 0 Å². The summed E-state index contributed by atoms with van der Waals surface area (Å²) in [4.78, 5) is 13.9. The minimum Gasteiger partial charge on any atom is -0.450 e. The zero-order valence-electron chi connectivity index (χ0n) is 13.3. The van der Waals surface area contributed by atoms with Gasteiger partial charge in [0.15, 0.2) is 0 Å². The van der Waals surface area contributed by atoms with Crippen molar-refractivity contribution in [3.8, 4) is 0 Å². The minimum atomic E-state index is -0.335. The SMILES string of the molecule is CCOC(=O)NC1CC(CC(O)C(C)C)CN(CC)C1. The van der Waals surface area contributed by atoms with Crippen LogP contribution in [0.4, 0.5) is 4.79 Å². The lowest BCUT2D eigenvalue weighted by molar-refractivity contribution is 0.0617. The molecule has 3 atom stereocenters. The van der Waals surface area contributed by atoms with E-state index in [4.69, 9.17) is 4.74 Å². The molecule has 2 N–H and O–H groups in total. The van der Waals surface area contributed by atoms with E-state index in [1.54, 1.807) is 6.92 Å². The van der Waals surface area contributed by atoms with Crippen LogP contribution in [-0.2, 0) is 4.74 Å². The first-order valence-electron chi connectivity index (χ1n) is 7.79. The van der Waals surface area contributed by atoms with Crippen LogP contribution in [0, 0.1) is 11.8 Å². The van der Waals surface area contributed by atoms with E-state index in [0.717, 1.165) is 32.5 Å². The Morgan fingerprint density at radius 3 is 2.65 bits per heavy atom. The molecule has 0 spiro atoms. The second kappa shape index (κ2) is 8.47. The molecule has 20 heavy (non-hydrogen) atoms. The van der Waals surface area contributed by atoms with E-state index >= 15 is 0 Å². The van der Waals surface area contributed by atoms with Crippen molar-refractivity contribution in [3.63, 3.8) is 0 Å². The topological polar surface area (TPSA) is 61.8 Å². The highest BCUT2D eigenvalue weighted by Crippen LogP contribution is 2.23. The van der Waals surface area contributed by atoms with E-state index in [1.807, 2.05) is 13.8 Å². The summed E-state index contributed by atoms with van der Waals surface area (Å²) < 4.78 is 4.95. The maximum atomic E-state index is 11.5. The lowest BCUT2D eigenvalue weighted by atomic mass is 9.87. The van der Waals surface area contributed by atoms with E-state index in [0.29, 0.717) is 12.5 Å². The van der Waals surface area contributed by atoms with Crippen molar-refractivity contribution in [2.75, 3.05) is 26.2 Å². The van der Waals surface area contributed by atoms with Gasteiger partial charge in [-0.15, -0.1) is 0 Å². The number of rotatable bonds is 6. The molecule has 0 saturated carbocycles. The molecule has 1 amide bonds. The van der Waals surface area contributed by atoms with Gasteiger partial charge >= 0.3 is 6.09 Å². The molecular weight excluding hydrogens is 256 g/mol. The smallest absolute Gasteiger partial charge is 0.407 e. The van der Waals surface area contributed by atoms with E-state index in [1.165, 1.54) is 0 Å². The number of aliphatic hydroxyl groups is 1. The fourth-order valence-electron chi connectivity index (χ4n) is 2.79. The Kier molecular flexibility index (Phi) is 7.30. The number of ether oxygens (including phenoxy) is 1. The van der Waals surface area contributed by atoms with Crippen LogP contribution >= 0.6 is 0 Å². The number of nitrogens with one attached hydrogen (secondary N) is 1. The Morgan fingerprint density at radius 1 is 1.40 bits per heavy atom. The molecule has 0 aromatic heterocycles. The molecule has 5 heteroatoms. The van der Waals surface area contributed by atoms with Crippen molar-refractivity contribution in [1.82, 2.24) is 10.2 Å². The number of piperidine rings is 1. The molecular formula is C15H30N2O3. The molecule has 0 aliphatic carbocycles. The van der Waals surface area contributed by atoms with Crippen LogP contribution in [0.1, 0.15) is 40.5 Å². The van der Waals surface area contributed by atoms with Gasteiger partial charge in [-0.05, 0) is 38.1 Å². The van der Waals surface area contributed by atoms with Crippen LogP contribution in [-0.4, -0.2) is 54.5 Å². The number of hydrogen-bond donors (Lipinski definition) is 2. The molecule has 1 aliphatic heterocycles. The van der Waals surface area contributed by atoms with Crippen molar-refractivity contribution in [3.05, 3.63) is 0 Å². The second-order valence-electron chi connectivity index (χ2n) is 6.06. The minimum absolute atomic E-state index is 0.118. The molecule has 3 unspecified atom stereocenters. The van der Waals surface area contributed by atoms with Gasteiger partial charge in [0, 0.05) is 19.1 Å². The maximum Gasteiger partial charge on any atom is 0.407 e. The summed E-state index contributed by atoms with van der Waals surface area (Å²) in [7, 11) is 0. The average molecular weight is 286 g/mol. The van der Waals surface area contributed by atoms with Crippen LogP contribution in [0.5, 0.6) is 0 Å². The van der Waals surface area contributed by atoms with Crippen LogP contribution in [0.2, 0.25) is 0 Å². The summed E-state index contributed by atoms with van der Waals surface area (Å²) in [5, 5.41) is 13.0. The first-order valence-corrected chi connectivity index (χ1v) is 7.79. The monoisotopic (exact) mass is 286 g/mol. The lowest BCUT2D eigenvalue weighted by Gasteiger charge is -2.38. The summed E-state index contributed by atoms with van der Waals surface area (Å²) >= 11 is 0. The summed E-state index contributed by atoms with van der Waals surface area (Å²) in [6, 6.07) is 0.118. The van der Waals surface area contributed by atoms with Crippen molar-refractivity contribution in [2.24, 2.45) is 11.8 Å². The third-order valence-corrected chi connectivity index (χ3v) is 4.00. The van der Waals surface area contributed by atoms with Crippen LogP contribution < -0.4 is 5.32 Å². The third kappa shape index (κ3) is 5.67. The number of likely N-dealkylation sites (N-methyl/N-ethyl adjacent to an activating group) is 1. The molecule has 1 saturated heterocycles. The number of aliphatic hydroxyl groups excluding tert-OH is 1. The molecule has 1 rings (SSSR count). The Labute approximate surface area is 122 Å². The number of likely N-dealkylation sites (tertiary alicyclic amines) is 1. The van der Waals surface area contributed by atoms with Crippen LogP contribution in [0.15, 0.2) is 0 Å². The van der Waals surface area contributed by atoms with Crippen molar-refractivity contribution in [2.45, 2.75) is 52.7 Å². The van der Waals surface area contributed by atoms with Crippen molar-refractivity contribution >= 4 is 6.09 Å². The molecule has 0 radical (unpaired) electrons. The number of alkyl carbamates (subject to hydrolysis) is 1. The highest BCUT2D eigenvalue weighted by Gasteiger charge is 2.29. The average Bonchev–Trinajstić information content (AvgIpc) is 2.38. The molecule has 118 valence electrons. The van der Waals surface area contributed by atoms with Gasteiger partial charge in [0.25, 0.3) is 0 Å². The van der Waals surface area contributed by atoms with E-state index in [9.17, 15) is 9.90 Å². The normalized spacial score (nSPS) is 25.5. The molecule has 0 aromatic carbocycles. The first-order chi connectivity index (χ1) is 9.46. The second-order valence-corrected chi connectivity index (χ2v) is 6.06. The maximum absolute atomic E-state index is 11.5. The van der Waals surface area contributed by atoms with E-state index in [-0.39, 0.29) is 24.2 Å². The number of carbonyl (C=O) groups excluding carboxylic acids is 1. The predicted molar refractivity (Wildman–Crippen MR) is 79.6 cm³/mol. The fourth-order valence-corrected chi connectivity index (χ4v) is 2.79. The molecule has 0 bridgehead atoms. The Hall–Kier alpha value is -0.810. The van der Waals surface area contributed by atoms with Gasteiger partial charge in [-0.2, -0.15) is 0 Å². The van der Waals surface area contributed by atoms with Gasteiger partial charge in [0.2, 0.25) is 0 Å². The highest BCUT2D eigenvalue weighted by molar-refractivity contribution is 5.67.